The van der Waals surface area contributed by atoms with E-state index in [0.29, 0.717) is 18.8 Å². The second kappa shape index (κ2) is 12.9. The summed E-state index contributed by atoms with van der Waals surface area (Å²) in [5.74, 6) is 0.729. The van der Waals surface area contributed by atoms with Gasteiger partial charge in [-0.15, -0.1) is 0 Å². The molecule has 30 heavy (non-hydrogen) atoms. The van der Waals surface area contributed by atoms with Crippen LogP contribution in [0.1, 0.15) is 63.9 Å². The minimum Gasteiger partial charge on any atom is -0.353 e. The molecule has 0 saturated heterocycles. The Labute approximate surface area is 187 Å². The number of aliphatic imine (C=N–C) groups is 1. The Hall–Kier alpha value is -1.65. The third-order valence-corrected chi connectivity index (χ3v) is 6.01. The Morgan fingerprint density at radius 2 is 1.97 bits per heavy atom. The first kappa shape index (κ1) is 24.6. The highest BCUT2D eigenvalue weighted by Crippen LogP contribution is 2.28. The largest absolute Gasteiger partial charge is 0.353 e. The maximum atomic E-state index is 12.7. The van der Waals surface area contributed by atoms with E-state index in [1.54, 1.807) is 0 Å². The quantitative estimate of drug-likeness (QED) is 0.359. The van der Waals surface area contributed by atoms with Gasteiger partial charge in [-0.05, 0) is 83.3 Å². The summed E-state index contributed by atoms with van der Waals surface area (Å²) in [5, 5.41) is 4.06. The van der Waals surface area contributed by atoms with Crippen molar-refractivity contribution >= 4 is 28.9 Å². The van der Waals surface area contributed by atoms with Gasteiger partial charge in [0.15, 0.2) is 0 Å². The summed E-state index contributed by atoms with van der Waals surface area (Å²) >= 11 is 6.02. The lowest BCUT2D eigenvalue weighted by molar-refractivity contribution is -0.122. The summed E-state index contributed by atoms with van der Waals surface area (Å²) in [6.07, 6.45) is 12.8. The van der Waals surface area contributed by atoms with Gasteiger partial charge in [-0.25, -0.2) is 0 Å². The SMILES string of the molecule is CC(CCC(=O)NC(C/C=C/CN(C)C)C1CCCCC1)=Nc1ccc(Cl)cc1C. The van der Waals surface area contributed by atoms with Gasteiger partial charge in [0.2, 0.25) is 5.91 Å². The van der Waals surface area contributed by atoms with Crippen molar-refractivity contribution in [3.8, 4) is 0 Å². The molecule has 1 fully saturated rings. The van der Waals surface area contributed by atoms with Crippen molar-refractivity contribution in [3.05, 3.63) is 40.9 Å². The number of rotatable bonds is 10. The van der Waals surface area contributed by atoms with E-state index in [-0.39, 0.29) is 11.9 Å². The Bertz CT molecular complexity index is 736. The molecule has 1 unspecified atom stereocenters. The van der Waals surface area contributed by atoms with Gasteiger partial charge < -0.3 is 10.2 Å². The minimum atomic E-state index is 0.133. The molecular weight excluding hydrogens is 394 g/mol. The Morgan fingerprint density at radius 3 is 2.63 bits per heavy atom. The van der Waals surface area contributed by atoms with E-state index >= 15 is 0 Å². The molecule has 1 aliphatic rings. The lowest BCUT2D eigenvalue weighted by Gasteiger charge is -2.30. The van der Waals surface area contributed by atoms with Crippen molar-refractivity contribution in [1.82, 2.24) is 10.2 Å². The summed E-state index contributed by atoms with van der Waals surface area (Å²) < 4.78 is 0. The molecule has 0 heterocycles. The molecule has 1 atom stereocenters. The highest BCUT2D eigenvalue weighted by molar-refractivity contribution is 6.30. The lowest BCUT2D eigenvalue weighted by atomic mass is 9.82. The van der Waals surface area contributed by atoms with Crippen molar-refractivity contribution in [3.63, 3.8) is 0 Å². The third-order valence-electron chi connectivity index (χ3n) is 5.78. The first-order valence-corrected chi connectivity index (χ1v) is 11.6. The number of carbonyl (C=O) groups excluding carboxylic acids is 1. The fourth-order valence-corrected chi connectivity index (χ4v) is 4.24. The average Bonchev–Trinajstić information content (AvgIpc) is 2.71. The molecule has 4 nitrogen and oxygen atoms in total. The highest BCUT2D eigenvalue weighted by atomic mass is 35.5. The Morgan fingerprint density at radius 1 is 1.23 bits per heavy atom. The normalized spacial score (nSPS) is 16.9. The molecule has 1 amide bonds. The summed E-state index contributed by atoms with van der Waals surface area (Å²) in [6.45, 7) is 4.93. The number of nitrogens with one attached hydrogen (secondary N) is 1. The van der Waals surface area contributed by atoms with Gasteiger partial charge in [0.25, 0.3) is 0 Å². The van der Waals surface area contributed by atoms with Gasteiger partial charge in [-0.2, -0.15) is 0 Å². The average molecular weight is 432 g/mol. The maximum absolute atomic E-state index is 12.7. The molecule has 1 N–H and O–H groups in total. The third kappa shape index (κ3) is 9.01. The van der Waals surface area contributed by atoms with Crippen molar-refractivity contribution in [1.29, 1.82) is 0 Å². The van der Waals surface area contributed by atoms with Crippen molar-refractivity contribution in [2.45, 2.75) is 71.3 Å². The molecule has 0 aliphatic heterocycles. The number of amides is 1. The van der Waals surface area contributed by atoms with Crippen molar-refractivity contribution < 1.29 is 4.79 Å². The molecule has 5 heteroatoms. The van der Waals surface area contributed by atoms with Gasteiger partial charge in [-0.1, -0.05) is 43.0 Å². The second-order valence-corrected chi connectivity index (χ2v) is 9.26. The van der Waals surface area contributed by atoms with Crippen molar-refractivity contribution in [2.24, 2.45) is 10.9 Å². The molecule has 0 aromatic heterocycles. The van der Waals surface area contributed by atoms with Crippen LogP contribution in [0.5, 0.6) is 0 Å². The topological polar surface area (TPSA) is 44.7 Å². The molecule has 0 radical (unpaired) electrons. The van der Waals surface area contributed by atoms with E-state index in [0.717, 1.165) is 35.0 Å². The van der Waals surface area contributed by atoms with E-state index < -0.39 is 0 Å². The fourth-order valence-electron chi connectivity index (χ4n) is 4.01. The molecule has 2 rings (SSSR count). The predicted molar refractivity (Wildman–Crippen MR) is 129 cm³/mol. The molecule has 1 aromatic rings. The van der Waals surface area contributed by atoms with Crippen LogP contribution in [0, 0.1) is 12.8 Å². The van der Waals surface area contributed by atoms with Crippen LogP contribution in [0.4, 0.5) is 5.69 Å². The number of hydrogen-bond donors (Lipinski definition) is 1. The van der Waals surface area contributed by atoms with E-state index in [4.69, 9.17) is 11.6 Å². The smallest absolute Gasteiger partial charge is 0.220 e. The zero-order chi connectivity index (χ0) is 21.9. The van der Waals surface area contributed by atoms with Gasteiger partial charge in [0.1, 0.15) is 0 Å². The van der Waals surface area contributed by atoms with Crippen LogP contribution >= 0.6 is 11.6 Å². The number of benzene rings is 1. The van der Waals surface area contributed by atoms with Gasteiger partial charge >= 0.3 is 0 Å². The Kier molecular flexibility index (Phi) is 10.6. The second-order valence-electron chi connectivity index (χ2n) is 8.82. The molecule has 0 bridgehead atoms. The number of halogens is 1. The van der Waals surface area contributed by atoms with Crippen LogP contribution in [0.2, 0.25) is 5.02 Å². The first-order valence-electron chi connectivity index (χ1n) is 11.2. The van der Waals surface area contributed by atoms with Crippen molar-refractivity contribution in [2.75, 3.05) is 20.6 Å². The van der Waals surface area contributed by atoms with Gasteiger partial charge in [0.05, 0.1) is 5.69 Å². The fraction of sp³-hybridized carbons (Fsp3) is 0.600. The van der Waals surface area contributed by atoms with E-state index in [1.165, 1.54) is 32.1 Å². The standard InChI is InChI=1S/C25H38ClN3O/c1-19-18-22(26)14-15-23(19)27-20(2)13-16-25(30)28-24(12-8-9-17-29(3)4)21-10-6-5-7-11-21/h8-9,14-15,18,21,24H,5-7,10-13,16-17H2,1-4H3,(H,28,30)/b9-8+,27-20?. The first-order chi connectivity index (χ1) is 14.3. The number of hydrogen-bond acceptors (Lipinski definition) is 3. The maximum Gasteiger partial charge on any atom is 0.220 e. The number of aryl methyl sites for hydroxylation is 1. The van der Waals surface area contributed by atoms with E-state index in [1.807, 2.05) is 32.0 Å². The molecular formula is C25H38ClN3O. The minimum absolute atomic E-state index is 0.133. The molecule has 166 valence electrons. The van der Waals surface area contributed by atoms with E-state index in [2.05, 4.69) is 41.5 Å². The summed E-state index contributed by atoms with van der Waals surface area (Å²) in [5.41, 5.74) is 2.94. The molecule has 0 spiro atoms. The summed E-state index contributed by atoms with van der Waals surface area (Å²) in [6, 6.07) is 5.94. The summed E-state index contributed by atoms with van der Waals surface area (Å²) in [7, 11) is 4.14. The molecule has 1 aromatic carbocycles. The van der Waals surface area contributed by atoms with Crippen LogP contribution in [0.3, 0.4) is 0 Å². The number of likely N-dealkylation sites (N-methyl/N-ethyl adjacent to an activating group) is 1. The van der Waals surface area contributed by atoms with Crippen LogP contribution in [0.25, 0.3) is 0 Å². The molecule has 1 aliphatic carbocycles. The molecule has 1 saturated carbocycles. The van der Waals surface area contributed by atoms with Crippen LogP contribution in [0.15, 0.2) is 35.3 Å². The highest BCUT2D eigenvalue weighted by Gasteiger charge is 2.24. The summed E-state index contributed by atoms with van der Waals surface area (Å²) in [4.78, 5) is 19.5. The monoisotopic (exact) mass is 431 g/mol. The Balaban J connectivity index is 1.90. The van der Waals surface area contributed by atoms with Gasteiger partial charge in [-0.3, -0.25) is 9.79 Å². The lowest BCUT2D eigenvalue weighted by Crippen LogP contribution is -2.40. The number of nitrogens with zero attached hydrogens (tertiary/aromatic N) is 2. The van der Waals surface area contributed by atoms with Gasteiger partial charge in [0, 0.05) is 29.7 Å². The van der Waals surface area contributed by atoms with Crippen LogP contribution in [-0.2, 0) is 4.79 Å². The van der Waals surface area contributed by atoms with Crippen LogP contribution < -0.4 is 5.32 Å². The predicted octanol–water partition coefficient (Wildman–Crippen LogP) is 6.09. The van der Waals surface area contributed by atoms with Crippen LogP contribution in [-0.4, -0.2) is 43.2 Å². The zero-order valence-electron chi connectivity index (χ0n) is 19.1. The van der Waals surface area contributed by atoms with E-state index in [9.17, 15) is 4.79 Å². The zero-order valence-corrected chi connectivity index (χ0v) is 19.8. The number of carbonyl (C=O) groups is 1.